The molecule has 0 unspecified atom stereocenters. The second kappa shape index (κ2) is 4.16. The Balaban J connectivity index is 2.63. The first kappa shape index (κ1) is 11.9. The summed E-state index contributed by atoms with van der Waals surface area (Å²) >= 11 is 0. The first-order chi connectivity index (χ1) is 6.52. The lowest BCUT2D eigenvalue weighted by Crippen LogP contribution is -2.29. The van der Waals surface area contributed by atoms with E-state index in [0.29, 0.717) is 26.2 Å². The molecule has 14 heavy (non-hydrogen) atoms. The van der Waals surface area contributed by atoms with Crippen molar-refractivity contribution in [3.8, 4) is 0 Å². The van der Waals surface area contributed by atoms with Crippen molar-refractivity contribution < 1.29 is 13.2 Å². The summed E-state index contributed by atoms with van der Waals surface area (Å²) in [4.78, 5) is 0. The molecule has 0 bridgehead atoms. The van der Waals surface area contributed by atoms with Crippen LogP contribution in [0.15, 0.2) is 0 Å². The molecule has 0 aliphatic heterocycles. The van der Waals surface area contributed by atoms with E-state index in [0.717, 1.165) is 0 Å². The molecule has 0 aromatic heterocycles. The molecule has 0 spiro atoms. The van der Waals surface area contributed by atoms with Gasteiger partial charge in [0.15, 0.2) is 9.84 Å². The number of hydrogen-bond donors (Lipinski definition) is 1. The van der Waals surface area contributed by atoms with E-state index in [1.165, 1.54) is 0 Å². The highest BCUT2D eigenvalue weighted by Gasteiger charge is 2.59. The zero-order valence-corrected chi connectivity index (χ0v) is 9.64. The number of sulfone groups is 1. The van der Waals surface area contributed by atoms with Crippen LogP contribution in [0.4, 0.5) is 0 Å². The second-order valence-corrected chi connectivity index (χ2v) is 6.32. The van der Waals surface area contributed by atoms with Crippen LogP contribution in [0.1, 0.15) is 20.3 Å². The standard InChI is InChI=1S/C9H19NO3S/c1-3-13-7-9(6-10)5-8(9)14(11,12)4-2/h8H,3-7,10H2,1-2H3/t8-,9-/m1/s1. The van der Waals surface area contributed by atoms with Gasteiger partial charge in [-0.15, -0.1) is 0 Å². The molecule has 1 aliphatic rings. The minimum absolute atomic E-state index is 0.200. The number of rotatable bonds is 6. The van der Waals surface area contributed by atoms with Gasteiger partial charge in [0.25, 0.3) is 0 Å². The zero-order valence-electron chi connectivity index (χ0n) is 8.82. The molecule has 4 nitrogen and oxygen atoms in total. The molecule has 1 rings (SSSR count). The minimum Gasteiger partial charge on any atom is -0.381 e. The molecule has 0 radical (unpaired) electrons. The topological polar surface area (TPSA) is 69.4 Å². The van der Waals surface area contributed by atoms with E-state index in [9.17, 15) is 8.42 Å². The number of ether oxygens (including phenoxy) is 1. The summed E-state index contributed by atoms with van der Waals surface area (Å²) in [5.41, 5.74) is 5.32. The fourth-order valence-electron chi connectivity index (χ4n) is 1.75. The van der Waals surface area contributed by atoms with E-state index in [2.05, 4.69) is 0 Å². The van der Waals surface area contributed by atoms with Crippen LogP contribution in [0.3, 0.4) is 0 Å². The van der Waals surface area contributed by atoms with Gasteiger partial charge in [-0.1, -0.05) is 6.92 Å². The van der Waals surface area contributed by atoms with Gasteiger partial charge in [0, 0.05) is 24.3 Å². The molecule has 1 aliphatic carbocycles. The molecular formula is C9H19NO3S. The molecule has 5 heteroatoms. The Hall–Kier alpha value is -0.130. The van der Waals surface area contributed by atoms with Gasteiger partial charge in [-0.2, -0.15) is 0 Å². The molecule has 2 N–H and O–H groups in total. The third-order valence-electron chi connectivity index (χ3n) is 2.95. The Kier molecular flexibility index (Phi) is 3.55. The minimum atomic E-state index is -2.94. The van der Waals surface area contributed by atoms with Gasteiger partial charge in [-0.25, -0.2) is 8.42 Å². The van der Waals surface area contributed by atoms with Crippen LogP contribution in [0.2, 0.25) is 0 Å². The molecule has 1 fully saturated rings. The van der Waals surface area contributed by atoms with Gasteiger partial charge in [0.1, 0.15) is 0 Å². The average molecular weight is 221 g/mol. The van der Waals surface area contributed by atoms with Crippen LogP contribution >= 0.6 is 0 Å². The predicted molar refractivity (Wildman–Crippen MR) is 55.8 cm³/mol. The summed E-state index contributed by atoms with van der Waals surface area (Å²) in [6.45, 7) is 5.06. The maximum Gasteiger partial charge on any atom is 0.153 e. The third-order valence-corrected chi connectivity index (χ3v) is 5.29. The van der Waals surface area contributed by atoms with Crippen LogP contribution in [0, 0.1) is 5.41 Å². The van der Waals surface area contributed by atoms with Gasteiger partial charge in [0.2, 0.25) is 0 Å². The molecule has 0 aromatic rings. The van der Waals surface area contributed by atoms with Crippen molar-refractivity contribution in [3.05, 3.63) is 0 Å². The van der Waals surface area contributed by atoms with Gasteiger partial charge >= 0.3 is 0 Å². The molecular weight excluding hydrogens is 202 g/mol. The van der Waals surface area contributed by atoms with Crippen LogP contribution in [0.25, 0.3) is 0 Å². The zero-order chi connectivity index (χ0) is 10.8. The summed E-state index contributed by atoms with van der Waals surface area (Å²) in [5, 5.41) is -0.267. The summed E-state index contributed by atoms with van der Waals surface area (Å²) < 4.78 is 28.5. The molecule has 0 saturated heterocycles. The van der Waals surface area contributed by atoms with E-state index >= 15 is 0 Å². The van der Waals surface area contributed by atoms with Gasteiger partial charge in [0.05, 0.1) is 11.9 Å². The Labute approximate surface area is 85.7 Å². The Morgan fingerprint density at radius 3 is 2.57 bits per heavy atom. The van der Waals surface area contributed by atoms with Crippen LogP contribution < -0.4 is 5.73 Å². The maximum absolute atomic E-state index is 11.6. The first-order valence-corrected chi connectivity index (χ1v) is 6.73. The SMILES string of the molecule is CCOC[C@]1(CN)C[C@H]1S(=O)(=O)CC. The normalized spacial score (nSPS) is 31.8. The van der Waals surface area contributed by atoms with Crippen molar-refractivity contribution >= 4 is 9.84 Å². The van der Waals surface area contributed by atoms with Crippen molar-refractivity contribution in [1.29, 1.82) is 0 Å². The highest BCUT2D eigenvalue weighted by Crippen LogP contribution is 2.50. The van der Waals surface area contributed by atoms with Crippen molar-refractivity contribution in [2.24, 2.45) is 11.1 Å². The molecule has 2 atom stereocenters. The average Bonchev–Trinajstić information content (AvgIpc) is 2.91. The quantitative estimate of drug-likeness (QED) is 0.694. The lowest BCUT2D eigenvalue weighted by atomic mass is 10.1. The van der Waals surface area contributed by atoms with E-state index in [4.69, 9.17) is 10.5 Å². The summed E-state index contributed by atoms with van der Waals surface area (Å²) in [5.74, 6) is 0.200. The second-order valence-electron chi connectivity index (χ2n) is 3.85. The highest BCUT2D eigenvalue weighted by molar-refractivity contribution is 7.92. The lowest BCUT2D eigenvalue weighted by molar-refractivity contribution is 0.104. The monoisotopic (exact) mass is 221 g/mol. The van der Waals surface area contributed by atoms with E-state index in [-0.39, 0.29) is 16.4 Å². The number of hydrogen-bond acceptors (Lipinski definition) is 4. The van der Waals surface area contributed by atoms with Crippen LogP contribution in [0.5, 0.6) is 0 Å². The Morgan fingerprint density at radius 2 is 2.14 bits per heavy atom. The van der Waals surface area contributed by atoms with Gasteiger partial charge < -0.3 is 10.5 Å². The molecule has 84 valence electrons. The number of nitrogens with two attached hydrogens (primary N) is 1. The maximum atomic E-state index is 11.6. The summed E-state index contributed by atoms with van der Waals surface area (Å²) in [7, 11) is -2.94. The Bertz CT molecular complexity index is 288. The Morgan fingerprint density at radius 1 is 1.50 bits per heavy atom. The van der Waals surface area contributed by atoms with Crippen molar-refractivity contribution in [2.75, 3.05) is 25.5 Å². The molecule has 0 aromatic carbocycles. The first-order valence-electron chi connectivity index (χ1n) is 5.02. The van der Waals surface area contributed by atoms with E-state index in [1.54, 1.807) is 6.92 Å². The fourth-order valence-corrected chi connectivity index (χ4v) is 3.66. The van der Waals surface area contributed by atoms with E-state index in [1.807, 2.05) is 6.92 Å². The van der Waals surface area contributed by atoms with Crippen molar-refractivity contribution in [3.63, 3.8) is 0 Å². The summed E-state index contributed by atoms with van der Waals surface area (Å²) in [6, 6.07) is 0. The van der Waals surface area contributed by atoms with E-state index < -0.39 is 9.84 Å². The predicted octanol–water partition coefficient (Wildman–Crippen LogP) is 0.175. The van der Waals surface area contributed by atoms with Crippen LogP contribution in [-0.4, -0.2) is 39.2 Å². The molecule has 1 saturated carbocycles. The van der Waals surface area contributed by atoms with Gasteiger partial charge in [-0.3, -0.25) is 0 Å². The lowest BCUT2D eigenvalue weighted by Gasteiger charge is -2.14. The molecule has 0 amide bonds. The fraction of sp³-hybridized carbons (Fsp3) is 1.00. The summed E-state index contributed by atoms with van der Waals surface area (Å²) in [6.07, 6.45) is 0.666. The molecule has 0 heterocycles. The largest absolute Gasteiger partial charge is 0.381 e. The smallest absolute Gasteiger partial charge is 0.153 e. The van der Waals surface area contributed by atoms with Crippen molar-refractivity contribution in [1.82, 2.24) is 0 Å². The van der Waals surface area contributed by atoms with Crippen molar-refractivity contribution in [2.45, 2.75) is 25.5 Å². The highest BCUT2D eigenvalue weighted by atomic mass is 32.2. The third kappa shape index (κ3) is 2.10. The van der Waals surface area contributed by atoms with Crippen LogP contribution in [-0.2, 0) is 14.6 Å². The van der Waals surface area contributed by atoms with Gasteiger partial charge in [-0.05, 0) is 13.3 Å².